The number of ether oxygens (including phenoxy) is 4. The second-order valence-corrected chi connectivity index (χ2v) is 19.9. The first kappa shape index (κ1) is 34.8. The summed E-state index contributed by atoms with van der Waals surface area (Å²) in [6, 6.07) is 4.89. The summed E-state index contributed by atoms with van der Waals surface area (Å²) in [5, 5.41) is 20.6. The molecule has 2 amide bonds. The third kappa shape index (κ3) is 7.02. The summed E-state index contributed by atoms with van der Waals surface area (Å²) in [6.45, 7) is 23.5. The van der Waals surface area contributed by atoms with E-state index in [1.807, 2.05) is 27.7 Å². The van der Waals surface area contributed by atoms with Gasteiger partial charge in [0.1, 0.15) is 47.9 Å². The highest BCUT2D eigenvalue weighted by atomic mass is 28.4. The molecule has 0 radical (unpaired) electrons. The van der Waals surface area contributed by atoms with Gasteiger partial charge in [-0.25, -0.2) is 14.3 Å². The van der Waals surface area contributed by atoms with Crippen LogP contribution in [-0.2, 0) is 33.8 Å². The number of nitrogens with one attached hydrogen (secondary N) is 2. The van der Waals surface area contributed by atoms with E-state index < -0.39 is 61.7 Å². The number of anilines is 1. The number of hydrogen-bond donors (Lipinski definition) is 2. The van der Waals surface area contributed by atoms with Crippen molar-refractivity contribution in [2.45, 2.75) is 129 Å². The highest BCUT2D eigenvalue weighted by molar-refractivity contribution is 6.74. The van der Waals surface area contributed by atoms with Crippen molar-refractivity contribution in [2.75, 3.05) is 11.9 Å². The fourth-order valence-electron chi connectivity index (χ4n) is 5.21. The normalized spacial score (nSPS) is 25.6. The Bertz CT molecular complexity index is 1470. The van der Waals surface area contributed by atoms with Crippen LogP contribution in [0.5, 0.6) is 0 Å². The molecular formula is C31H48N6O7Si. The van der Waals surface area contributed by atoms with Crippen molar-refractivity contribution in [3.05, 3.63) is 24.2 Å². The fourth-order valence-corrected chi connectivity index (χ4v) is 6.23. The Labute approximate surface area is 266 Å². The lowest BCUT2D eigenvalue weighted by Gasteiger charge is -2.37. The molecule has 0 aliphatic carbocycles. The summed E-state index contributed by atoms with van der Waals surface area (Å²) in [4.78, 5) is 30.1. The van der Waals surface area contributed by atoms with Crippen LogP contribution in [0.4, 0.5) is 10.6 Å². The van der Waals surface area contributed by atoms with E-state index in [4.69, 9.17) is 23.4 Å². The predicted molar refractivity (Wildman–Crippen MR) is 169 cm³/mol. The molecule has 248 valence electrons. The summed E-state index contributed by atoms with van der Waals surface area (Å²) in [7, 11) is -2.14. The van der Waals surface area contributed by atoms with Gasteiger partial charge in [-0.05, 0) is 70.8 Å². The van der Waals surface area contributed by atoms with Gasteiger partial charge < -0.3 is 34.0 Å². The molecule has 5 atom stereocenters. The molecular weight excluding hydrogens is 596 g/mol. The molecule has 2 aliphatic heterocycles. The van der Waals surface area contributed by atoms with E-state index in [2.05, 4.69) is 60.7 Å². The number of hydrogen-bond acceptors (Lipinski definition) is 10. The number of carbonyl (C=O) groups is 2. The van der Waals surface area contributed by atoms with Gasteiger partial charge in [-0.1, -0.05) is 34.6 Å². The average molecular weight is 645 g/mol. The zero-order valence-corrected chi connectivity index (χ0v) is 29.5. The second-order valence-electron chi connectivity index (χ2n) is 15.1. The molecule has 2 saturated heterocycles. The first-order valence-electron chi connectivity index (χ1n) is 15.3. The van der Waals surface area contributed by atoms with Crippen molar-refractivity contribution in [2.24, 2.45) is 5.92 Å². The molecule has 0 aromatic carbocycles. The second kappa shape index (κ2) is 11.9. The van der Waals surface area contributed by atoms with E-state index in [0.29, 0.717) is 11.2 Å². The van der Waals surface area contributed by atoms with Crippen molar-refractivity contribution in [1.29, 1.82) is 5.26 Å². The van der Waals surface area contributed by atoms with Crippen LogP contribution in [0.2, 0.25) is 18.1 Å². The molecule has 4 rings (SSSR count). The van der Waals surface area contributed by atoms with Gasteiger partial charge in [0.05, 0.1) is 12.3 Å². The molecule has 0 spiro atoms. The van der Waals surface area contributed by atoms with Crippen LogP contribution in [-0.4, -0.2) is 77.3 Å². The first-order valence-corrected chi connectivity index (χ1v) is 18.2. The molecule has 0 bridgehead atoms. The Hall–Kier alpha value is -3.09. The van der Waals surface area contributed by atoms with Gasteiger partial charge in [-0.15, -0.1) is 0 Å². The average Bonchev–Trinajstić information content (AvgIpc) is 3.55. The van der Waals surface area contributed by atoms with E-state index in [0.717, 1.165) is 0 Å². The van der Waals surface area contributed by atoms with E-state index in [-0.39, 0.29) is 23.4 Å². The van der Waals surface area contributed by atoms with Gasteiger partial charge in [0.2, 0.25) is 11.5 Å². The van der Waals surface area contributed by atoms with Crippen LogP contribution in [0.3, 0.4) is 0 Å². The number of aromatic nitrogens is 3. The van der Waals surface area contributed by atoms with E-state index in [1.54, 1.807) is 32.9 Å². The van der Waals surface area contributed by atoms with Crippen LogP contribution in [0.1, 0.15) is 74.9 Å². The highest BCUT2D eigenvalue weighted by Gasteiger charge is 2.65. The van der Waals surface area contributed by atoms with Crippen LogP contribution >= 0.6 is 0 Å². The molecule has 45 heavy (non-hydrogen) atoms. The van der Waals surface area contributed by atoms with Crippen molar-refractivity contribution >= 4 is 31.7 Å². The number of amides is 2. The molecule has 2 aromatic rings. The lowest BCUT2D eigenvalue weighted by atomic mass is 9.92. The monoisotopic (exact) mass is 644 g/mol. The maximum Gasteiger partial charge on any atom is 0.408 e. The first-order chi connectivity index (χ1) is 20.6. The molecule has 2 aromatic heterocycles. The maximum atomic E-state index is 13.4. The summed E-state index contributed by atoms with van der Waals surface area (Å²) in [5.41, 5.74) is -1.49. The minimum absolute atomic E-state index is 0.0177. The largest absolute Gasteiger partial charge is 0.444 e. The van der Waals surface area contributed by atoms with Gasteiger partial charge >= 0.3 is 6.09 Å². The molecule has 0 saturated carbocycles. The Morgan fingerprint density at radius 3 is 2.38 bits per heavy atom. The van der Waals surface area contributed by atoms with Crippen LogP contribution < -0.4 is 10.6 Å². The van der Waals surface area contributed by atoms with Gasteiger partial charge in [0.15, 0.2) is 19.9 Å². The van der Waals surface area contributed by atoms with Crippen LogP contribution in [0, 0.1) is 17.2 Å². The minimum Gasteiger partial charge on any atom is -0.444 e. The maximum absolute atomic E-state index is 13.4. The van der Waals surface area contributed by atoms with Gasteiger partial charge in [-0.3, -0.25) is 4.79 Å². The third-order valence-electron chi connectivity index (χ3n) is 8.51. The van der Waals surface area contributed by atoms with Gasteiger partial charge in [0.25, 0.3) is 0 Å². The Balaban J connectivity index is 1.65. The Morgan fingerprint density at radius 1 is 1.13 bits per heavy atom. The highest BCUT2D eigenvalue weighted by Crippen LogP contribution is 2.50. The summed E-state index contributed by atoms with van der Waals surface area (Å²) in [6.07, 6.45) is -1.35. The number of alkyl carbamates (subject to hydrolysis) is 1. The smallest absolute Gasteiger partial charge is 0.408 e. The lowest BCUT2D eigenvalue weighted by molar-refractivity contribution is -0.204. The van der Waals surface area contributed by atoms with Crippen molar-refractivity contribution in [1.82, 2.24) is 19.9 Å². The van der Waals surface area contributed by atoms with E-state index >= 15 is 0 Å². The summed E-state index contributed by atoms with van der Waals surface area (Å²) >= 11 is 0. The number of nitriles is 1. The predicted octanol–water partition coefficient (Wildman–Crippen LogP) is 4.88. The SMILES string of the molecule is CC(C)[C@H](NC(=O)OC(C)(C)C)C(=O)Nc1ncnn2c([C@]3(C#N)O[C@H](CO[Si](C)(C)C(C)(C)C)[C@H]4OC(C)(C)O[C@H]43)ccc12. The third-order valence-corrected chi connectivity index (χ3v) is 13.0. The molecule has 2 fully saturated rings. The minimum atomic E-state index is -2.14. The lowest BCUT2D eigenvalue weighted by Crippen LogP contribution is -2.48. The molecule has 14 heteroatoms. The van der Waals surface area contributed by atoms with Crippen molar-refractivity contribution in [3.8, 4) is 6.07 Å². The molecule has 0 unspecified atom stereocenters. The van der Waals surface area contributed by atoms with E-state index in [9.17, 15) is 14.9 Å². The van der Waals surface area contributed by atoms with Gasteiger partial charge in [-0.2, -0.15) is 10.4 Å². The summed E-state index contributed by atoms with van der Waals surface area (Å²) < 4.78 is 32.5. The number of nitrogens with zero attached hydrogens (tertiary/aromatic N) is 4. The standard InChI is InChI=1S/C31H48N6O7Si/c1-18(2)22(35-27(39)44-28(3,4)5)26(38)36-25-19-13-14-21(37(19)34-17-33-25)31(16-32)24-23(42-30(9,10)43-24)20(41-31)15-40-45(11,12)29(6,7)8/h13-14,17-18,20,22-24H,15H2,1-12H3,(H,35,39)(H,33,34,36,38)/t20-,22+,23-,24-,31+/m1/s1. The zero-order valence-electron chi connectivity index (χ0n) is 28.5. The number of carbonyl (C=O) groups excluding carboxylic acids is 2. The summed E-state index contributed by atoms with van der Waals surface area (Å²) in [5.74, 6) is -1.49. The molecule has 2 N–H and O–H groups in total. The quantitative estimate of drug-likeness (QED) is 0.380. The number of fused-ring (bicyclic) bond motifs is 2. The van der Waals surface area contributed by atoms with Crippen molar-refractivity contribution in [3.63, 3.8) is 0 Å². The van der Waals surface area contributed by atoms with Crippen molar-refractivity contribution < 1.29 is 33.0 Å². The number of rotatable bonds is 8. The fraction of sp³-hybridized carbons (Fsp3) is 0.710. The van der Waals surface area contributed by atoms with Gasteiger partial charge in [0, 0.05) is 0 Å². The molecule has 13 nitrogen and oxygen atoms in total. The van der Waals surface area contributed by atoms with Crippen LogP contribution in [0.25, 0.3) is 5.52 Å². The Kier molecular flexibility index (Phi) is 9.22. The van der Waals surface area contributed by atoms with Crippen LogP contribution in [0.15, 0.2) is 18.5 Å². The Morgan fingerprint density at radius 2 is 1.80 bits per heavy atom. The van der Waals surface area contributed by atoms with E-state index in [1.165, 1.54) is 10.8 Å². The zero-order chi connectivity index (χ0) is 33.8. The molecule has 4 heterocycles. The topological polar surface area (TPSA) is 158 Å². The molecule has 2 aliphatic rings.